The second kappa shape index (κ2) is 6.92. The first-order valence-corrected chi connectivity index (χ1v) is 7.38. The van der Waals surface area contributed by atoms with Gasteiger partial charge in [-0.3, -0.25) is 4.79 Å². The molecule has 0 heterocycles. The molecule has 1 heteroatoms. The third-order valence-corrected chi connectivity index (χ3v) is 4.01. The van der Waals surface area contributed by atoms with Gasteiger partial charge in [0.25, 0.3) is 0 Å². The van der Waals surface area contributed by atoms with Gasteiger partial charge in [0.05, 0.1) is 0 Å². The zero-order valence-electron chi connectivity index (χ0n) is 12.5. The summed E-state index contributed by atoms with van der Waals surface area (Å²) in [4.78, 5) is 11.8. The van der Waals surface area contributed by atoms with Gasteiger partial charge in [0.2, 0.25) is 0 Å². The highest BCUT2D eigenvalue weighted by Crippen LogP contribution is 2.40. The molecule has 0 aromatic heterocycles. The molecule has 0 atom stereocenters. The number of hydrogen-bond acceptors (Lipinski definition) is 1. The minimum absolute atomic E-state index is 0.239. The molecule has 0 aromatic carbocycles. The van der Waals surface area contributed by atoms with Crippen molar-refractivity contribution in [3.05, 3.63) is 23.3 Å². The van der Waals surface area contributed by atoms with Crippen molar-refractivity contribution in [3.63, 3.8) is 0 Å². The first-order chi connectivity index (χ1) is 8.47. The summed E-state index contributed by atoms with van der Waals surface area (Å²) < 4.78 is 0. The summed E-state index contributed by atoms with van der Waals surface area (Å²) in [6.07, 6.45) is 11.7. The second-order valence-corrected chi connectivity index (χ2v) is 6.19. The maximum absolute atomic E-state index is 11.8. The molecular weight excluding hydrogens is 220 g/mol. The average Bonchev–Trinajstić information content (AvgIpc) is 2.28. The van der Waals surface area contributed by atoms with E-state index in [9.17, 15) is 4.79 Å². The lowest BCUT2D eigenvalue weighted by molar-refractivity contribution is -0.114. The maximum atomic E-state index is 11.8. The first kappa shape index (κ1) is 15.2. The summed E-state index contributed by atoms with van der Waals surface area (Å²) in [5, 5.41) is 0. The minimum atomic E-state index is 0.239. The van der Waals surface area contributed by atoms with Crippen LogP contribution in [0.4, 0.5) is 0 Å². The summed E-state index contributed by atoms with van der Waals surface area (Å²) in [7, 11) is 0. The SMILES string of the molecule is CCCCCC(=O)/C=C/C1=C(C)CCCC1(C)C. The molecule has 1 nitrogen and oxygen atoms in total. The molecule has 102 valence electrons. The Bertz CT molecular complexity index is 345. The highest BCUT2D eigenvalue weighted by atomic mass is 16.1. The van der Waals surface area contributed by atoms with E-state index < -0.39 is 0 Å². The fourth-order valence-electron chi connectivity index (χ4n) is 2.82. The van der Waals surface area contributed by atoms with E-state index in [-0.39, 0.29) is 11.2 Å². The molecule has 1 rings (SSSR count). The van der Waals surface area contributed by atoms with Gasteiger partial charge in [-0.2, -0.15) is 0 Å². The number of carbonyl (C=O) groups excluding carboxylic acids is 1. The van der Waals surface area contributed by atoms with E-state index in [0.29, 0.717) is 6.42 Å². The maximum Gasteiger partial charge on any atom is 0.155 e. The fraction of sp³-hybridized carbons (Fsp3) is 0.706. The van der Waals surface area contributed by atoms with Crippen molar-refractivity contribution in [2.24, 2.45) is 5.41 Å². The van der Waals surface area contributed by atoms with Crippen LogP contribution in [0.1, 0.15) is 72.6 Å². The predicted molar refractivity (Wildman–Crippen MR) is 78.6 cm³/mol. The minimum Gasteiger partial charge on any atom is -0.295 e. The molecule has 1 aliphatic rings. The highest BCUT2D eigenvalue weighted by Gasteiger charge is 2.26. The molecular formula is C17H28O. The summed E-state index contributed by atoms with van der Waals surface area (Å²) in [6, 6.07) is 0. The van der Waals surface area contributed by atoms with Crippen LogP contribution in [0.25, 0.3) is 0 Å². The highest BCUT2D eigenvalue weighted by molar-refractivity contribution is 5.90. The Morgan fingerprint density at radius 3 is 2.67 bits per heavy atom. The van der Waals surface area contributed by atoms with Crippen molar-refractivity contribution in [1.82, 2.24) is 0 Å². The van der Waals surface area contributed by atoms with Gasteiger partial charge < -0.3 is 0 Å². The first-order valence-electron chi connectivity index (χ1n) is 7.38. The molecule has 0 N–H and O–H groups in total. The van der Waals surface area contributed by atoms with Crippen LogP contribution >= 0.6 is 0 Å². The quantitative estimate of drug-likeness (QED) is 0.465. The smallest absolute Gasteiger partial charge is 0.155 e. The molecule has 0 fully saturated rings. The van der Waals surface area contributed by atoms with Gasteiger partial charge in [0.1, 0.15) is 0 Å². The van der Waals surface area contributed by atoms with Crippen molar-refractivity contribution >= 4 is 5.78 Å². The van der Waals surface area contributed by atoms with Crippen LogP contribution in [0.15, 0.2) is 23.3 Å². The van der Waals surface area contributed by atoms with E-state index in [0.717, 1.165) is 12.8 Å². The molecule has 0 amide bonds. The molecule has 0 bridgehead atoms. The Labute approximate surface area is 112 Å². The second-order valence-electron chi connectivity index (χ2n) is 6.19. The Balaban J connectivity index is 2.62. The molecule has 18 heavy (non-hydrogen) atoms. The van der Waals surface area contributed by atoms with Gasteiger partial charge in [0, 0.05) is 6.42 Å². The summed E-state index contributed by atoms with van der Waals surface area (Å²) in [6.45, 7) is 8.95. The zero-order valence-corrected chi connectivity index (χ0v) is 12.5. The molecule has 0 aliphatic heterocycles. The van der Waals surface area contributed by atoms with Gasteiger partial charge >= 0.3 is 0 Å². The van der Waals surface area contributed by atoms with Crippen LogP contribution in [-0.2, 0) is 4.79 Å². The van der Waals surface area contributed by atoms with E-state index in [4.69, 9.17) is 0 Å². The molecule has 0 spiro atoms. The zero-order chi connectivity index (χ0) is 13.6. The number of allylic oxidation sites excluding steroid dienone is 4. The summed E-state index contributed by atoms with van der Waals surface area (Å²) >= 11 is 0. The number of rotatable bonds is 6. The predicted octanol–water partition coefficient (Wildman–Crippen LogP) is 5.22. The van der Waals surface area contributed by atoms with Crippen LogP contribution < -0.4 is 0 Å². The fourth-order valence-corrected chi connectivity index (χ4v) is 2.82. The van der Waals surface area contributed by atoms with Gasteiger partial charge in [-0.25, -0.2) is 0 Å². The Morgan fingerprint density at radius 1 is 1.33 bits per heavy atom. The lowest BCUT2D eigenvalue weighted by Crippen LogP contribution is -2.19. The van der Waals surface area contributed by atoms with E-state index in [1.807, 2.05) is 6.08 Å². The van der Waals surface area contributed by atoms with Gasteiger partial charge in [0.15, 0.2) is 5.78 Å². The lowest BCUT2D eigenvalue weighted by Gasteiger charge is -2.32. The van der Waals surface area contributed by atoms with Crippen molar-refractivity contribution < 1.29 is 4.79 Å². The van der Waals surface area contributed by atoms with E-state index >= 15 is 0 Å². The van der Waals surface area contributed by atoms with E-state index in [1.165, 1.54) is 36.8 Å². The van der Waals surface area contributed by atoms with Crippen LogP contribution in [0.2, 0.25) is 0 Å². The average molecular weight is 248 g/mol. The monoisotopic (exact) mass is 248 g/mol. The van der Waals surface area contributed by atoms with Gasteiger partial charge in [-0.1, -0.05) is 45.3 Å². The summed E-state index contributed by atoms with van der Waals surface area (Å²) in [5.41, 5.74) is 3.09. The number of unbranched alkanes of at least 4 members (excludes halogenated alkanes) is 2. The van der Waals surface area contributed by atoms with E-state index in [1.54, 1.807) is 0 Å². The third kappa shape index (κ3) is 4.44. The molecule has 0 saturated carbocycles. The molecule has 1 aliphatic carbocycles. The Hall–Kier alpha value is -0.850. The van der Waals surface area contributed by atoms with Gasteiger partial charge in [-0.15, -0.1) is 0 Å². The number of carbonyl (C=O) groups is 1. The van der Waals surface area contributed by atoms with Crippen LogP contribution in [0.5, 0.6) is 0 Å². The van der Waals surface area contributed by atoms with Crippen LogP contribution in [0.3, 0.4) is 0 Å². The topological polar surface area (TPSA) is 17.1 Å². The van der Waals surface area contributed by atoms with Crippen LogP contribution in [-0.4, -0.2) is 5.78 Å². The van der Waals surface area contributed by atoms with Gasteiger partial charge in [-0.05, 0) is 49.7 Å². The molecule has 0 unspecified atom stereocenters. The van der Waals surface area contributed by atoms with Crippen molar-refractivity contribution in [3.8, 4) is 0 Å². The summed E-state index contributed by atoms with van der Waals surface area (Å²) in [5.74, 6) is 0.283. The Kier molecular flexibility index (Phi) is 5.84. The van der Waals surface area contributed by atoms with Crippen molar-refractivity contribution in [2.45, 2.75) is 72.6 Å². The largest absolute Gasteiger partial charge is 0.295 e. The standard InChI is InChI=1S/C17H28O/c1-5-6-7-10-15(18)11-12-16-14(2)9-8-13-17(16,3)4/h11-12H,5-10,13H2,1-4H3/b12-11+. The third-order valence-electron chi connectivity index (χ3n) is 4.01. The van der Waals surface area contributed by atoms with Crippen LogP contribution in [0, 0.1) is 5.41 Å². The van der Waals surface area contributed by atoms with Crippen molar-refractivity contribution in [1.29, 1.82) is 0 Å². The lowest BCUT2D eigenvalue weighted by atomic mass is 9.72. The molecule has 0 aromatic rings. The molecule has 0 radical (unpaired) electrons. The van der Waals surface area contributed by atoms with E-state index in [2.05, 4.69) is 33.8 Å². The number of ketones is 1. The number of hydrogen-bond donors (Lipinski definition) is 0. The van der Waals surface area contributed by atoms with Crippen molar-refractivity contribution in [2.75, 3.05) is 0 Å². The normalized spacial score (nSPS) is 19.6. The Morgan fingerprint density at radius 2 is 2.06 bits per heavy atom. The molecule has 0 saturated heterocycles.